The van der Waals surface area contributed by atoms with Crippen LogP contribution in [0.15, 0.2) is 0 Å². The molecular formula is C14H34N2O2Si. The molecule has 0 spiro atoms. The molecule has 0 saturated heterocycles. The second-order valence-corrected chi connectivity index (χ2v) is 10.4. The Morgan fingerprint density at radius 2 is 1.42 bits per heavy atom. The van der Waals surface area contributed by atoms with Gasteiger partial charge < -0.3 is 19.9 Å². The smallest absolute Gasteiger partial charge is 0.335 e. The monoisotopic (exact) mass is 290 g/mol. The maximum absolute atomic E-state index is 6.27. The van der Waals surface area contributed by atoms with Crippen molar-refractivity contribution in [1.82, 2.24) is 5.32 Å². The van der Waals surface area contributed by atoms with Crippen LogP contribution in [0.2, 0.25) is 12.6 Å². The first-order valence-corrected chi connectivity index (χ1v) is 9.81. The minimum atomic E-state index is -2.15. The summed E-state index contributed by atoms with van der Waals surface area (Å²) in [5.41, 5.74) is 5.15. The van der Waals surface area contributed by atoms with Gasteiger partial charge in [0.1, 0.15) is 0 Å². The van der Waals surface area contributed by atoms with E-state index in [1.165, 1.54) is 0 Å². The fourth-order valence-electron chi connectivity index (χ4n) is 2.18. The van der Waals surface area contributed by atoms with Gasteiger partial charge in [-0.1, -0.05) is 0 Å². The van der Waals surface area contributed by atoms with Gasteiger partial charge in [-0.25, -0.2) is 0 Å². The molecule has 0 aliphatic rings. The van der Waals surface area contributed by atoms with Gasteiger partial charge in [0.05, 0.1) is 11.2 Å². The van der Waals surface area contributed by atoms with Crippen LogP contribution >= 0.6 is 0 Å². The molecule has 0 atom stereocenters. The molecule has 0 amide bonds. The zero-order valence-corrected chi connectivity index (χ0v) is 14.9. The van der Waals surface area contributed by atoms with Gasteiger partial charge in [-0.3, -0.25) is 0 Å². The van der Waals surface area contributed by atoms with Gasteiger partial charge in [0.15, 0.2) is 0 Å². The number of rotatable bonds is 8. The van der Waals surface area contributed by atoms with E-state index in [1.807, 2.05) is 0 Å². The van der Waals surface area contributed by atoms with E-state index in [1.54, 1.807) is 0 Å². The number of nitrogens with two attached hydrogens (primary N) is 1. The second kappa shape index (κ2) is 7.74. The van der Waals surface area contributed by atoms with Gasteiger partial charge in [-0.05, 0) is 67.1 Å². The first-order chi connectivity index (χ1) is 8.47. The molecule has 5 heteroatoms. The highest BCUT2D eigenvalue weighted by molar-refractivity contribution is 6.66. The molecule has 0 saturated carbocycles. The number of hydrogen-bond donors (Lipinski definition) is 2. The van der Waals surface area contributed by atoms with Crippen LogP contribution < -0.4 is 11.1 Å². The van der Waals surface area contributed by atoms with Crippen molar-refractivity contribution in [3.05, 3.63) is 0 Å². The summed E-state index contributed by atoms with van der Waals surface area (Å²) in [7, 11) is -2.15. The van der Waals surface area contributed by atoms with Gasteiger partial charge in [0, 0.05) is 13.1 Å². The fourth-order valence-corrected chi connectivity index (χ4v) is 5.84. The van der Waals surface area contributed by atoms with E-state index in [-0.39, 0.29) is 11.2 Å². The predicted octanol–water partition coefficient (Wildman–Crippen LogP) is 2.63. The molecule has 0 heterocycles. The van der Waals surface area contributed by atoms with Crippen molar-refractivity contribution in [2.24, 2.45) is 5.73 Å². The molecule has 3 N–H and O–H groups in total. The van der Waals surface area contributed by atoms with Crippen LogP contribution in [0.1, 0.15) is 48.0 Å². The summed E-state index contributed by atoms with van der Waals surface area (Å²) in [5, 5.41) is 3.32. The lowest BCUT2D eigenvalue weighted by Crippen LogP contribution is -2.49. The Balaban J connectivity index is 4.41. The molecule has 0 rings (SSSR count). The van der Waals surface area contributed by atoms with Gasteiger partial charge in [0.2, 0.25) is 0 Å². The van der Waals surface area contributed by atoms with Crippen molar-refractivity contribution in [2.75, 3.05) is 19.6 Å². The van der Waals surface area contributed by atoms with Crippen LogP contribution in [0.3, 0.4) is 0 Å². The lowest BCUT2D eigenvalue weighted by Gasteiger charge is -2.39. The number of hydrogen-bond acceptors (Lipinski definition) is 4. The van der Waals surface area contributed by atoms with Gasteiger partial charge in [-0.15, -0.1) is 0 Å². The Morgan fingerprint density at radius 3 is 1.79 bits per heavy atom. The largest absolute Gasteiger partial charge is 0.389 e. The van der Waals surface area contributed by atoms with Crippen LogP contribution in [0, 0.1) is 0 Å². The molecule has 0 fully saturated rings. The van der Waals surface area contributed by atoms with Crippen LogP contribution in [0.5, 0.6) is 0 Å². The Kier molecular flexibility index (Phi) is 7.76. The molecule has 0 aromatic heterocycles. The van der Waals surface area contributed by atoms with Crippen molar-refractivity contribution in [3.63, 3.8) is 0 Å². The van der Waals surface area contributed by atoms with Crippen LogP contribution in [0.4, 0.5) is 0 Å². The highest BCUT2D eigenvalue weighted by Crippen LogP contribution is 2.27. The van der Waals surface area contributed by atoms with Gasteiger partial charge in [0.25, 0.3) is 0 Å². The van der Waals surface area contributed by atoms with Crippen LogP contribution in [-0.4, -0.2) is 39.4 Å². The minimum absolute atomic E-state index is 0.156. The standard InChI is InChI=1S/C14H34N2O2Si/c1-13(2,3)17-19(7,18-14(4,5)6)12-8-10-16-11-9-15/h16H,8-12,15H2,1-7H3. The molecule has 0 aromatic carbocycles. The molecule has 0 unspecified atom stereocenters. The van der Waals surface area contributed by atoms with E-state index >= 15 is 0 Å². The zero-order valence-electron chi connectivity index (χ0n) is 13.9. The third-order valence-corrected chi connectivity index (χ3v) is 5.70. The van der Waals surface area contributed by atoms with E-state index < -0.39 is 8.56 Å². The van der Waals surface area contributed by atoms with Crippen molar-refractivity contribution in [3.8, 4) is 0 Å². The summed E-state index contributed by atoms with van der Waals surface area (Å²) in [6.45, 7) is 17.3. The summed E-state index contributed by atoms with van der Waals surface area (Å²) in [6, 6.07) is 0.999. The molecule has 0 aliphatic heterocycles. The molecular weight excluding hydrogens is 256 g/mol. The molecule has 0 aromatic rings. The highest BCUT2D eigenvalue weighted by Gasteiger charge is 2.38. The minimum Gasteiger partial charge on any atom is -0.389 e. The Bertz CT molecular complexity index is 231. The molecule has 19 heavy (non-hydrogen) atoms. The molecule has 4 nitrogen and oxygen atoms in total. The van der Waals surface area contributed by atoms with Gasteiger partial charge in [-0.2, -0.15) is 0 Å². The fraction of sp³-hybridized carbons (Fsp3) is 1.00. The Morgan fingerprint density at radius 1 is 0.947 bits per heavy atom. The maximum atomic E-state index is 6.27. The lowest BCUT2D eigenvalue weighted by atomic mass is 10.2. The summed E-state index contributed by atoms with van der Waals surface area (Å²) >= 11 is 0. The van der Waals surface area contributed by atoms with E-state index in [9.17, 15) is 0 Å². The third-order valence-electron chi connectivity index (χ3n) is 2.35. The molecule has 0 bridgehead atoms. The molecule has 116 valence electrons. The van der Waals surface area contributed by atoms with Crippen molar-refractivity contribution in [2.45, 2.75) is 71.8 Å². The summed E-state index contributed by atoms with van der Waals surface area (Å²) < 4.78 is 12.5. The SMILES string of the molecule is CC(C)(C)O[Si](C)(CCCNCCN)OC(C)(C)C. The second-order valence-electron chi connectivity index (χ2n) is 7.20. The summed E-state index contributed by atoms with van der Waals surface area (Å²) in [5.74, 6) is 0. The topological polar surface area (TPSA) is 56.5 Å². The molecule has 0 radical (unpaired) electrons. The van der Waals surface area contributed by atoms with Crippen LogP contribution in [-0.2, 0) is 8.85 Å². The first kappa shape index (κ1) is 19.1. The molecule has 0 aliphatic carbocycles. The lowest BCUT2D eigenvalue weighted by molar-refractivity contribution is 0.0174. The van der Waals surface area contributed by atoms with Crippen molar-refractivity contribution < 1.29 is 8.85 Å². The number of nitrogens with one attached hydrogen (secondary N) is 1. The summed E-state index contributed by atoms with van der Waals surface area (Å²) in [4.78, 5) is 0. The van der Waals surface area contributed by atoms with E-state index in [0.29, 0.717) is 6.54 Å². The first-order valence-electron chi connectivity index (χ1n) is 7.29. The Hall–Kier alpha value is 0.0569. The van der Waals surface area contributed by atoms with Crippen molar-refractivity contribution >= 4 is 8.56 Å². The third kappa shape index (κ3) is 11.6. The van der Waals surface area contributed by atoms with E-state index in [4.69, 9.17) is 14.6 Å². The maximum Gasteiger partial charge on any atom is 0.335 e. The van der Waals surface area contributed by atoms with Gasteiger partial charge >= 0.3 is 8.56 Å². The van der Waals surface area contributed by atoms with E-state index in [0.717, 1.165) is 25.6 Å². The predicted molar refractivity (Wildman–Crippen MR) is 84.6 cm³/mol. The Labute approximate surface area is 120 Å². The quantitative estimate of drug-likeness (QED) is 0.533. The van der Waals surface area contributed by atoms with Crippen LogP contribution in [0.25, 0.3) is 0 Å². The summed E-state index contributed by atoms with van der Waals surface area (Å²) in [6.07, 6.45) is 1.06. The van der Waals surface area contributed by atoms with E-state index in [2.05, 4.69) is 53.4 Å². The normalized spacial score (nSPS) is 13.9. The zero-order chi connectivity index (χ0) is 15.2. The highest BCUT2D eigenvalue weighted by atomic mass is 28.4. The van der Waals surface area contributed by atoms with Crippen molar-refractivity contribution in [1.29, 1.82) is 0 Å². The average molecular weight is 291 g/mol. The average Bonchev–Trinajstić information content (AvgIpc) is 2.10.